The SMILES string of the molecule is CC=CC(=O)O[SiH2]O[Si](C)(C)C. The van der Waals surface area contributed by atoms with Gasteiger partial charge < -0.3 is 8.54 Å². The molecule has 0 aliphatic heterocycles. The number of hydrogen-bond donors (Lipinski definition) is 0. The van der Waals surface area contributed by atoms with Gasteiger partial charge in [-0.25, -0.2) is 4.79 Å². The van der Waals surface area contributed by atoms with Gasteiger partial charge in [-0.05, 0) is 26.6 Å². The van der Waals surface area contributed by atoms with Crippen LogP contribution < -0.4 is 0 Å². The predicted octanol–water partition coefficient (Wildman–Crippen LogP) is 0.956. The first-order valence-electron chi connectivity index (χ1n) is 3.89. The molecule has 0 aliphatic rings. The molecule has 0 aromatic heterocycles. The average Bonchev–Trinajstić information content (AvgIpc) is 1.84. The summed E-state index contributed by atoms with van der Waals surface area (Å²) in [6, 6.07) is 0. The van der Waals surface area contributed by atoms with Gasteiger partial charge in [0.15, 0.2) is 8.32 Å². The van der Waals surface area contributed by atoms with E-state index in [1.165, 1.54) is 6.08 Å². The van der Waals surface area contributed by atoms with Crippen LogP contribution in [0.25, 0.3) is 0 Å². The molecule has 0 amide bonds. The summed E-state index contributed by atoms with van der Waals surface area (Å²) in [6.45, 7) is 8.00. The summed E-state index contributed by atoms with van der Waals surface area (Å²) in [5.74, 6) is -0.289. The van der Waals surface area contributed by atoms with E-state index in [-0.39, 0.29) is 5.97 Å². The van der Waals surface area contributed by atoms with E-state index in [0.29, 0.717) is 0 Å². The Balaban J connectivity index is 3.51. The van der Waals surface area contributed by atoms with Crippen LogP contribution in [-0.4, -0.2) is 24.3 Å². The van der Waals surface area contributed by atoms with Gasteiger partial charge in [0.1, 0.15) is 0 Å². The van der Waals surface area contributed by atoms with Gasteiger partial charge >= 0.3 is 16.0 Å². The van der Waals surface area contributed by atoms with E-state index < -0.39 is 18.3 Å². The fraction of sp³-hybridized carbons (Fsp3) is 0.571. The highest BCUT2D eigenvalue weighted by atomic mass is 28.4. The normalized spacial score (nSPS) is 13.0. The van der Waals surface area contributed by atoms with Gasteiger partial charge in [0.25, 0.3) is 0 Å². The van der Waals surface area contributed by atoms with E-state index in [4.69, 9.17) is 8.54 Å². The summed E-state index contributed by atoms with van der Waals surface area (Å²) >= 11 is 0. The van der Waals surface area contributed by atoms with Crippen molar-refractivity contribution in [3.8, 4) is 0 Å². The Bertz CT molecular complexity index is 172. The Kier molecular flexibility index (Phi) is 5.11. The fourth-order valence-electron chi connectivity index (χ4n) is 0.449. The minimum absolute atomic E-state index is 0.289. The molecule has 0 saturated heterocycles. The lowest BCUT2D eigenvalue weighted by atomic mass is 10.5. The highest BCUT2D eigenvalue weighted by Gasteiger charge is 2.14. The second-order valence-corrected chi connectivity index (χ2v) is 9.24. The zero-order valence-corrected chi connectivity index (χ0v) is 10.5. The molecule has 0 N–H and O–H groups in total. The number of hydrogen-bond acceptors (Lipinski definition) is 3. The molecule has 0 fully saturated rings. The van der Waals surface area contributed by atoms with E-state index in [2.05, 4.69) is 19.6 Å². The summed E-state index contributed by atoms with van der Waals surface area (Å²) in [4.78, 5) is 10.8. The van der Waals surface area contributed by atoms with E-state index in [1.54, 1.807) is 13.0 Å². The molecular formula is C7H16O3Si2. The average molecular weight is 204 g/mol. The number of allylic oxidation sites excluding steroid dienone is 1. The zero-order chi connectivity index (χ0) is 9.61. The molecule has 0 rings (SSSR count). The summed E-state index contributed by atoms with van der Waals surface area (Å²) in [5.41, 5.74) is 0. The van der Waals surface area contributed by atoms with Crippen LogP contribution >= 0.6 is 0 Å². The standard InChI is InChI=1S/C7H16O3Si2/c1-5-6-7(8)9-11-10-12(2,3)4/h5-6H,11H2,1-4H3. The quantitative estimate of drug-likeness (QED) is 0.505. The molecule has 0 spiro atoms. The van der Waals surface area contributed by atoms with Gasteiger partial charge in [-0.3, -0.25) is 0 Å². The van der Waals surface area contributed by atoms with Crippen molar-refractivity contribution in [1.29, 1.82) is 0 Å². The largest absolute Gasteiger partial charge is 0.497 e. The minimum atomic E-state index is -1.49. The van der Waals surface area contributed by atoms with Crippen molar-refractivity contribution >= 4 is 24.3 Å². The molecule has 0 aromatic rings. The van der Waals surface area contributed by atoms with Crippen LogP contribution in [0.4, 0.5) is 0 Å². The lowest BCUT2D eigenvalue weighted by Crippen LogP contribution is -2.29. The smallest absolute Gasteiger partial charge is 0.359 e. The highest BCUT2D eigenvalue weighted by molar-refractivity contribution is 6.73. The first-order chi connectivity index (χ1) is 5.45. The maximum atomic E-state index is 10.8. The van der Waals surface area contributed by atoms with Crippen molar-refractivity contribution in [2.24, 2.45) is 0 Å². The van der Waals surface area contributed by atoms with Gasteiger partial charge in [-0.2, -0.15) is 0 Å². The van der Waals surface area contributed by atoms with Gasteiger partial charge in [-0.1, -0.05) is 6.08 Å². The van der Waals surface area contributed by atoms with Gasteiger partial charge in [0.05, 0.1) is 0 Å². The molecule has 0 unspecified atom stereocenters. The molecule has 0 atom stereocenters. The fourth-order valence-corrected chi connectivity index (χ4v) is 2.31. The highest BCUT2D eigenvalue weighted by Crippen LogP contribution is 2.00. The van der Waals surface area contributed by atoms with E-state index in [9.17, 15) is 4.79 Å². The van der Waals surface area contributed by atoms with Crippen molar-refractivity contribution in [3.63, 3.8) is 0 Å². The first kappa shape index (κ1) is 11.6. The summed E-state index contributed by atoms with van der Waals surface area (Å²) in [6.07, 6.45) is 3.06. The monoisotopic (exact) mass is 204 g/mol. The maximum absolute atomic E-state index is 10.8. The molecular weight excluding hydrogens is 188 g/mol. The van der Waals surface area contributed by atoms with Crippen molar-refractivity contribution < 1.29 is 13.3 Å². The van der Waals surface area contributed by atoms with Crippen LogP contribution in [0.15, 0.2) is 12.2 Å². The Labute approximate surface area is 77.0 Å². The van der Waals surface area contributed by atoms with Crippen LogP contribution in [0, 0.1) is 0 Å². The Hall–Kier alpha value is -0.396. The number of rotatable bonds is 4. The molecule has 0 saturated carbocycles. The third kappa shape index (κ3) is 7.71. The summed E-state index contributed by atoms with van der Waals surface area (Å²) < 4.78 is 10.3. The first-order valence-corrected chi connectivity index (χ1v) is 8.45. The Morgan fingerprint density at radius 2 is 2.00 bits per heavy atom. The van der Waals surface area contributed by atoms with Crippen LogP contribution in [0.1, 0.15) is 6.92 Å². The van der Waals surface area contributed by atoms with E-state index in [1.807, 2.05) is 0 Å². The third-order valence-electron chi connectivity index (χ3n) is 0.996. The number of carbonyl (C=O) groups excluding carboxylic acids is 1. The van der Waals surface area contributed by atoms with Crippen LogP contribution in [0.5, 0.6) is 0 Å². The van der Waals surface area contributed by atoms with E-state index >= 15 is 0 Å². The van der Waals surface area contributed by atoms with Gasteiger partial charge in [0.2, 0.25) is 0 Å². The van der Waals surface area contributed by atoms with Crippen molar-refractivity contribution in [3.05, 3.63) is 12.2 Å². The van der Waals surface area contributed by atoms with Crippen molar-refractivity contribution in [1.82, 2.24) is 0 Å². The minimum Gasteiger partial charge on any atom is -0.497 e. The van der Waals surface area contributed by atoms with Gasteiger partial charge in [-0.15, -0.1) is 0 Å². The predicted molar refractivity (Wildman–Crippen MR) is 53.9 cm³/mol. The molecule has 3 nitrogen and oxygen atoms in total. The summed E-state index contributed by atoms with van der Waals surface area (Å²) in [7, 11) is -2.59. The van der Waals surface area contributed by atoms with Gasteiger partial charge in [0, 0.05) is 6.08 Å². The second kappa shape index (κ2) is 5.28. The molecule has 70 valence electrons. The molecule has 12 heavy (non-hydrogen) atoms. The van der Waals surface area contributed by atoms with E-state index in [0.717, 1.165) is 0 Å². The van der Waals surface area contributed by atoms with Crippen LogP contribution in [0.2, 0.25) is 19.6 Å². The molecule has 0 bridgehead atoms. The molecule has 0 aliphatic carbocycles. The molecule has 0 aromatic carbocycles. The van der Waals surface area contributed by atoms with Crippen LogP contribution in [-0.2, 0) is 13.3 Å². The second-order valence-electron chi connectivity index (χ2n) is 3.34. The molecule has 0 heterocycles. The Morgan fingerprint density at radius 1 is 1.42 bits per heavy atom. The molecule has 5 heteroatoms. The Morgan fingerprint density at radius 3 is 2.42 bits per heavy atom. The zero-order valence-electron chi connectivity index (χ0n) is 8.09. The van der Waals surface area contributed by atoms with Crippen LogP contribution in [0.3, 0.4) is 0 Å². The topological polar surface area (TPSA) is 35.5 Å². The van der Waals surface area contributed by atoms with Crippen molar-refractivity contribution in [2.45, 2.75) is 26.6 Å². The number of carbonyl (C=O) groups is 1. The lowest BCUT2D eigenvalue weighted by Gasteiger charge is -2.16. The molecule has 0 radical (unpaired) electrons. The lowest BCUT2D eigenvalue weighted by molar-refractivity contribution is -0.129. The maximum Gasteiger partial charge on any atom is 0.359 e. The van der Waals surface area contributed by atoms with Crippen molar-refractivity contribution in [2.75, 3.05) is 0 Å². The summed E-state index contributed by atoms with van der Waals surface area (Å²) in [5, 5.41) is 0. The third-order valence-corrected chi connectivity index (χ3v) is 5.33.